The van der Waals surface area contributed by atoms with Gasteiger partial charge in [0.1, 0.15) is 6.29 Å². The molecule has 0 aliphatic heterocycles. The molecule has 8 atom stereocenters. The molecule has 2 N–H and O–H groups in total. The van der Waals surface area contributed by atoms with Crippen molar-refractivity contribution in [2.75, 3.05) is 0 Å². The van der Waals surface area contributed by atoms with E-state index in [-0.39, 0.29) is 22.7 Å². The first-order valence-electron chi connectivity index (χ1n) is 10.3. The zero-order chi connectivity index (χ0) is 18.9. The van der Waals surface area contributed by atoms with Gasteiger partial charge in [-0.3, -0.25) is 4.57 Å². The molecule has 4 rings (SSSR count). The molecule has 0 bridgehead atoms. The van der Waals surface area contributed by atoms with Crippen LogP contribution < -0.4 is 0 Å². The van der Waals surface area contributed by atoms with E-state index < -0.39 is 13.3 Å². The van der Waals surface area contributed by atoms with E-state index in [1.54, 1.807) is 0 Å². The van der Waals surface area contributed by atoms with E-state index in [2.05, 4.69) is 19.9 Å². The molecule has 3 saturated carbocycles. The molecule has 4 aliphatic rings. The highest BCUT2D eigenvalue weighted by atomic mass is 31.2. The summed E-state index contributed by atoms with van der Waals surface area (Å²) in [6.07, 6.45) is 10.3. The van der Waals surface area contributed by atoms with Crippen molar-refractivity contribution in [1.29, 1.82) is 0 Å². The maximum Gasteiger partial charge on any atom is 0.329 e. The van der Waals surface area contributed by atoms with Crippen molar-refractivity contribution in [3.63, 3.8) is 0 Å². The van der Waals surface area contributed by atoms with E-state index in [0.29, 0.717) is 24.2 Å². The van der Waals surface area contributed by atoms with Crippen LogP contribution in [0.2, 0.25) is 0 Å². The SMILES string of the molecule is CC1=C[C@@H]2CC[C@H]3[C@@H]4CC[C@H](C=O)[C@@]4(C)CC[C@@H]3[C@@]2(C)C(P(=O)(O)O)C1. The van der Waals surface area contributed by atoms with Gasteiger partial charge in [-0.15, -0.1) is 0 Å². The Morgan fingerprint density at radius 3 is 2.50 bits per heavy atom. The third-order valence-electron chi connectivity index (χ3n) is 9.21. The molecular weight excluding hydrogens is 347 g/mol. The molecule has 26 heavy (non-hydrogen) atoms. The number of carbonyl (C=O) groups is 1. The second-order valence-corrected chi connectivity index (χ2v) is 11.9. The molecule has 4 aliphatic carbocycles. The predicted molar refractivity (Wildman–Crippen MR) is 102 cm³/mol. The second kappa shape index (κ2) is 6.03. The Labute approximate surface area is 157 Å². The smallest absolute Gasteiger partial charge is 0.324 e. The molecule has 0 saturated heterocycles. The van der Waals surface area contributed by atoms with Crippen molar-refractivity contribution in [3.05, 3.63) is 11.6 Å². The molecule has 146 valence electrons. The average molecular weight is 380 g/mol. The summed E-state index contributed by atoms with van der Waals surface area (Å²) in [6, 6.07) is 0. The predicted octanol–water partition coefficient (Wildman–Crippen LogP) is 4.56. The van der Waals surface area contributed by atoms with Gasteiger partial charge in [-0.2, -0.15) is 0 Å². The second-order valence-electron chi connectivity index (χ2n) is 10.1. The molecule has 1 unspecified atom stereocenters. The lowest BCUT2D eigenvalue weighted by atomic mass is 9.45. The highest BCUT2D eigenvalue weighted by molar-refractivity contribution is 7.52. The van der Waals surface area contributed by atoms with E-state index in [1.807, 2.05) is 6.92 Å². The van der Waals surface area contributed by atoms with Crippen molar-refractivity contribution in [3.8, 4) is 0 Å². The lowest BCUT2D eigenvalue weighted by Crippen LogP contribution is -2.56. The number of hydrogen-bond acceptors (Lipinski definition) is 2. The quantitative estimate of drug-likeness (QED) is 0.418. The van der Waals surface area contributed by atoms with Crippen LogP contribution >= 0.6 is 7.60 Å². The van der Waals surface area contributed by atoms with Crippen LogP contribution in [0.25, 0.3) is 0 Å². The van der Waals surface area contributed by atoms with E-state index in [4.69, 9.17) is 0 Å². The summed E-state index contributed by atoms with van der Waals surface area (Å²) in [5.74, 6) is 1.87. The number of fused-ring (bicyclic) bond motifs is 5. The van der Waals surface area contributed by atoms with Crippen molar-refractivity contribution in [2.45, 2.75) is 71.4 Å². The van der Waals surface area contributed by atoms with Crippen molar-refractivity contribution in [1.82, 2.24) is 0 Å². The van der Waals surface area contributed by atoms with E-state index in [0.717, 1.165) is 44.1 Å². The first kappa shape index (κ1) is 18.9. The Balaban J connectivity index is 1.74. The molecule has 3 fully saturated rings. The molecule has 0 radical (unpaired) electrons. The van der Waals surface area contributed by atoms with Gasteiger partial charge < -0.3 is 14.6 Å². The maximum absolute atomic E-state index is 12.5. The third-order valence-corrected chi connectivity index (χ3v) is 10.8. The van der Waals surface area contributed by atoms with Gasteiger partial charge >= 0.3 is 7.60 Å². The van der Waals surface area contributed by atoms with E-state index in [9.17, 15) is 19.1 Å². The van der Waals surface area contributed by atoms with Gasteiger partial charge in [-0.05, 0) is 86.4 Å². The number of carbonyl (C=O) groups excluding carboxylic acids is 1. The van der Waals surface area contributed by atoms with Crippen LogP contribution in [0.4, 0.5) is 0 Å². The van der Waals surface area contributed by atoms with Crippen LogP contribution in [0.3, 0.4) is 0 Å². The minimum atomic E-state index is -4.16. The monoisotopic (exact) mass is 380 g/mol. The number of hydrogen-bond donors (Lipinski definition) is 2. The normalized spacial score (nSPS) is 51.0. The molecule has 4 nitrogen and oxygen atoms in total. The highest BCUT2D eigenvalue weighted by Gasteiger charge is 2.63. The molecule has 0 heterocycles. The van der Waals surface area contributed by atoms with Crippen molar-refractivity contribution >= 4 is 13.9 Å². The van der Waals surface area contributed by atoms with Gasteiger partial charge in [-0.25, -0.2) is 0 Å². The molecule has 0 spiro atoms. The lowest BCUT2D eigenvalue weighted by Gasteiger charge is -2.61. The molecule has 0 aromatic rings. The summed E-state index contributed by atoms with van der Waals surface area (Å²) < 4.78 is 12.5. The van der Waals surface area contributed by atoms with Crippen molar-refractivity contribution < 1.29 is 19.1 Å². The Morgan fingerprint density at radius 2 is 1.85 bits per heavy atom. The zero-order valence-corrected chi connectivity index (χ0v) is 17.1. The Kier molecular flexibility index (Phi) is 4.38. The van der Waals surface area contributed by atoms with Gasteiger partial charge in [0.25, 0.3) is 0 Å². The third kappa shape index (κ3) is 2.48. The average Bonchev–Trinajstić information content (AvgIpc) is 2.90. The van der Waals surface area contributed by atoms with Crippen LogP contribution in [-0.2, 0) is 9.36 Å². The largest absolute Gasteiger partial charge is 0.329 e. The summed E-state index contributed by atoms with van der Waals surface area (Å²) in [7, 11) is -4.16. The van der Waals surface area contributed by atoms with E-state index in [1.165, 1.54) is 6.29 Å². The van der Waals surface area contributed by atoms with Gasteiger partial charge in [0, 0.05) is 5.92 Å². The first-order valence-corrected chi connectivity index (χ1v) is 12.0. The summed E-state index contributed by atoms with van der Waals surface area (Å²) in [4.78, 5) is 32.0. The van der Waals surface area contributed by atoms with Crippen LogP contribution in [-0.4, -0.2) is 21.7 Å². The zero-order valence-electron chi connectivity index (χ0n) is 16.2. The summed E-state index contributed by atoms with van der Waals surface area (Å²) >= 11 is 0. The fourth-order valence-corrected chi connectivity index (χ4v) is 9.49. The van der Waals surface area contributed by atoms with Crippen LogP contribution in [0, 0.1) is 40.4 Å². The fourth-order valence-electron chi connectivity index (χ4n) is 7.86. The van der Waals surface area contributed by atoms with Gasteiger partial charge in [0.2, 0.25) is 0 Å². The molecular formula is C21H33O4P. The van der Waals surface area contributed by atoms with Crippen molar-refractivity contribution in [2.24, 2.45) is 40.4 Å². The molecule has 5 heteroatoms. The summed E-state index contributed by atoms with van der Waals surface area (Å²) in [5.41, 5.74) is 0.374. The summed E-state index contributed by atoms with van der Waals surface area (Å²) in [6.45, 7) is 6.51. The van der Waals surface area contributed by atoms with E-state index >= 15 is 0 Å². The standard InChI is InChI=1S/C21H33O4P/c1-13-10-14-4-6-16-17-7-5-15(12-22)20(17,2)9-8-18(16)21(14,3)19(11-13)26(23,24)25/h10,12,14-19H,4-9,11H2,1-3H3,(H2,23,24,25)/t14-,15+,16-,17-,18-,19?,20+,21-/m0/s1. The van der Waals surface area contributed by atoms with Gasteiger partial charge in [0.05, 0.1) is 5.66 Å². The Bertz CT molecular complexity index is 681. The van der Waals surface area contributed by atoms with Crippen LogP contribution in [0.15, 0.2) is 11.6 Å². The lowest BCUT2D eigenvalue weighted by molar-refractivity contribution is -0.121. The molecule has 0 aromatic carbocycles. The minimum absolute atomic E-state index is 0.101. The number of rotatable bonds is 2. The van der Waals surface area contributed by atoms with Crippen LogP contribution in [0.1, 0.15) is 65.7 Å². The Morgan fingerprint density at radius 1 is 1.12 bits per heavy atom. The summed E-state index contributed by atoms with van der Waals surface area (Å²) in [5, 5.41) is 0. The van der Waals surface area contributed by atoms with Gasteiger partial charge in [-0.1, -0.05) is 25.5 Å². The Hall–Kier alpha value is -0.440. The maximum atomic E-state index is 12.5. The first-order chi connectivity index (χ1) is 12.1. The minimum Gasteiger partial charge on any atom is -0.324 e. The fraction of sp³-hybridized carbons (Fsp3) is 0.857. The topological polar surface area (TPSA) is 74.6 Å². The van der Waals surface area contributed by atoms with Gasteiger partial charge in [0.15, 0.2) is 0 Å². The molecule has 0 amide bonds. The molecule has 0 aromatic heterocycles. The number of aldehydes is 1. The number of allylic oxidation sites excluding steroid dienone is 2. The highest BCUT2D eigenvalue weighted by Crippen LogP contribution is 2.70. The van der Waals surface area contributed by atoms with Crippen LogP contribution in [0.5, 0.6) is 0 Å².